The molecular weight excluding hydrogens is 284 g/mol. The largest absolute Gasteiger partial charge is 0.507 e. The molecule has 0 unspecified atom stereocenters. The van der Waals surface area contributed by atoms with Crippen LogP contribution in [0.1, 0.15) is 0 Å². The van der Waals surface area contributed by atoms with Crippen LogP contribution < -0.4 is 0 Å². The zero-order valence-electron chi connectivity index (χ0n) is 10.8. The van der Waals surface area contributed by atoms with Crippen LogP contribution in [0.25, 0.3) is 26.5 Å². The second kappa shape index (κ2) is 4.68. The van der Waals surface area contributed by atoms with Crippen molar-refractivity contribution < 1.29 is 5.11 Å². The molecule has 0 aliphatic heterocycles. The predicted octanol–water partition coefficient (Wildman–Crippen LogP) is 3.25. The Hall–Kier alpha value is -2.73. The van der Waals surface area contributed by atoms with E-state index in [2.05, 4.69) is 15.2 Å². The number of thiazole rings is 1. The lowest BCUT2D eigenvalue weighted by molar-refractivity contribution is 0.477. The van der Waals surface area contributed by atoms with Crippen LogP contribution in [0.5, 0.6) is 5.75 Å². The molecule has 102 valence electrons. The molecule has 1 N–H and O–H groups in total. The van der Waals surface area contributed by atoms with E-state index in [9.17, 15) is 5.11 Å². The van der Waals surface area contributed by atoms with Crippen LogP contribution in [-0.4, -0.2) is 24.9 Å². The Morgan fingerprint density at radius 1 is 1.00 bits per heavy atom. The van der Waals surface area contributed by atoms with E-state index in [4.69, 9.17) is 0 Å². The summed E-state index contributed by atoms with van der Waals surface area (Å²) in [6, 6.07) is 13.3. The van der Waals surface area contributed by atoms with E-state index in [0.29, 0.717) is 5.56 Å². The van der Waals surface area contributed by atoms with Gasteiger partial charge >= 0.3 is 0 Å². The van der Waals surface area contributed by atoms with Gasteiger partial charge in [0.05, 0.1) is 15.8 Å². The summed E-state index contributed by atoms with van der Waals surface area (Å²) in [5.41, 5.74) is 2.53. The second-order valence-electron chi connectivity index (χ2n) is 4.56. The van der Waals surface area contributed by atoms with Crippen molar-refractivity contribution in [3.05, 3.63) is 55.1 Å². The highest BCUT2D eigenvalue weighted by Crippen LogP contribution is 2.36. The number of nitrogens with zero attached hydrogens (tertiary/aromatic N) is 4. The summed E-state index contributed by atoms with van der Waals surface area (Å²) < 4.78 is 2.89. The minimum Gasteiger partial charge on any atom is -0.507 e. The zero-order valence-corrected chi connectivity index (χ0v) is 11.7. The first kappa shape index (κ1) is 12.0. The first-order valence-corrected chi connectivity index (χ1v) is 7.17. The number of aromatic hydroxyl groups is 1. The van der Waals surface area contributed by atoms with Crippen LogP contribution in [0.4, 0.5) is 0 Å². The average molecular weight is 294 g/mol. The number of phenolic OH excluding ortho intramolecular Hbond substituents is 1. The van der Waals surface area contributed by atoms with Crippen molar-refractivity contribution in [2.75, 3.05) is 0 Å². The van der Waals surface area contributed by atoms with Crippen molar-refractivity contribution in [2.45, 2.75) is 0 Å². The maximum atomic E-state index is 10.1. The van der Waals surface area contributed by atoms with Crippen molar-refractivity contribution in [3.8, 4) is 22.0 Å². The number of fused-ring (bicyclic) bond motifs is 1. The third-order valence-electron chi connectivity index (χ3n) is 3.22. The normalized spacial score (nSPS) is 11.0. The summed E-state index contributed by atoms with van der Waals surface area (Å²) in [7, 11) is 0. The van der Waals surface area contributed by atoms with Crippen LogP contribution in [0.2, 0.25) is 0 Å². The molecule has 2 aromatic carbocycles. The van der Waals surface area contributed by atoms with Gasteiger partial charge in [-0.15, -0.1) is 21.5 Å². The van der Waals surface area contributed by atoms with Gasteiger partial charge in [-0.05, 0) is 30.3 Å². The molecule has 2 heterocycles. The monoisotopic (exact) mass is 294 g/mol. The molecule has 0 aliphatic carbocycles. The number of phenols is 1. The molecule has 0 bridgehead atoms. The molecule has 0 saturated carbocycles. The van der Waals surface area contributed by atoms with Gasteiger partial charge in [-0.1, -0.05) is 12.1 Å². The lowest BCUT2D eigenvalue weighted by Gasteiger charge is -2.05. The van der Waals surface area contributed by atoms with E-state index < -0.39 is 0 Å². The summed E-state index contributed by atoms with van der Waals surface area (Å²) in [6.45, 7) is 0. The van der Waals surface area contributed by atoms with Gasteiger partial charge in [-0.2, -0.15) is 0 Å². The van der Waals surface area contributed by atoms with E-state index >= 15 is 0 Å². The highest BCUT2D eigenvalue weighted by atomic mass is 32.1. The molecule has 0 aliphatic rings. The van der Waals surface area contributed by atoms with E-state index in [1.165, 1.54) is 0 Å². The summed E-state index contributed by atoms with van der Waals surface area (Å²) in [6.07, 6.45) is 3.24. The van der Waals surface area contributed by atoms with Gasteiger partial charge < -0.3 is 5.11 Å². The van der Waals surface area contributed by atoms with Crippen LogP contribution >= 0.6 is 11.3 Å². The summed E-state index contributed by atoms with van der Waals surface area (Å²) in [5.74, 6) is 0.214. The summed E-state index contributed by atoms with van der Waals surface area (Å²) >= 11 is 1.56. The molecule has 5 nitrogen and oxygen atoms in total. The molecule has 6 heteroatoms. The van der Waals surface area contributed by atoms with Crippen LogP contribution in [0, 0.1) is 0 Å². The SMILES string of the molecule is Oc1ccc(-n2cnnc2)cc1-c1nc2ccccc2s1. The standard InChI is InChI=1S/C15H10N4OS/c20-13-6-5-10(19-8-16-17-9-19)7-11(13)15-18-12-3-1-2-4-14(12)21-15/h1-9,20H. The number of hydrogen-bond acceptors (Lipinski definition) is 5. The van der Waals surface area contributed by atoms with Crippen molar-refractivity contribution in [3.63, 3.8) is 0 Å². The molecule has 2 aromatic heterocycles. The highest BCUT2D eigenvalue weighted by Gasteiger charge is 2.11. The second-order valence-corrected chi connectivity index (χ2v) is 5.59. The number of rotatable bonds is 2. The number of para-hydroxylation sites is 1. The van der Waals surface area contributed by atoms with E-state index in [1.807, 2.05) is 36.4 Å². The van der Waals surface area contributed by atoms with Gasteiger partial charge in [0.25, 0.3) is 0 Å². The smallest absolute Gasteiger partial charge is 0.128 e. The molecule has 0 radical (unpaired) electrons. The van der Waals surface area contributed by atoms with Gasteiger partial charge in [0, 0.05) is 5.69 Å². The van der Waals surface area contributed by atoms with Crippen LogP contribution in [0.15, 0.2) is 55.1 Å². The lowest BCUT2D eigenvalue weighted by Crippen LogP contribution is -1.90. The molecule has 0 amide bonds. The van der Waals surface area contributed by atoms with Gasteiger partial charge in [-0.25, -0.2) is 4.98 Å². The first-order chi connectivity index (χ1) is 10.3. The quantitative estimate of drug-likeness (QED) is 0.616. The third-order valence-corrected chi connectivity index (χ3v) is 4.29. The zero-order chi connectivity index (χ0) is 14.2. The number of aromatic nitrogens is 4. The lowest BCUT2D eigenvalue weighted by atomic mass is 10.2. The molecule has 0 atom stereocenters. The van der Waals surface area contributed by atoms with E-state index in [1.54, 1.807) is 34.6 Å². The summed E-state index contributed by atoms with van der Waals surface area (Å²) in [4.78, 5) is 4.58. The molecule has 21 heavy (non-hydrogen) atoms. The molecule has 0 saturated heterocycles. The highest BCUT2D eigenvalue weighted by molar-refractivity contribution is 7.21. The Balaban J connectivity index is 1.89. The minimum atomic E-state index is 0.214. The molecule has 4 rings (SSSR count). The fourth-order valence-electron chi connectivity index (χ4n) is 2.18. The topological polar surface area (TPSA) is 63.8 Å². The van der Waals surface area contributed by atoms with Crippen molar-refractivity contribution >= 4 is 21.6 Å². The predicted molar refractivity (Wildman–Crippen MR) is 81.6 cm³/mol. The van der Waals surface area contributed by atoms with Gasteiger partial charge in [0.15, 0.2) is 0 Å². The molecule has 4 aromatic rings. The van der Waals surface area contributed by atoms with Crippen LogP contribution in [0.3, 0.4) is 0 Å². The van der Waals surface area contributed by atoms with Gasteiger partial charge in [0.1, 0.15) is 23.4 Å². The third kappa shape index (κ3) is 2.05. The number of hydrogen-bond donors (Lipinski definition) is 1. The van der Waals surface area contributed by atoms with E-state index in [0.717, 1.165) is 20.9 Å². The Morgan fingerprint density at radius 3 is 2.62 bits per heavy atom. The fourth-order valence-corrected chi connectivity index (χ4v) is 3.17. The van der Waals surface area contributed by atoms with Crippen LogP contribution in [-0.2, 0) is 0 Å². The minimum absolute atomic E-state index is 0.214. The maximum Gasteiger partial charge on any atom is 0.128 e. The Labute approximate surface area is 124 Å². The Bertz CT molecular complexity index is 881. The van der Waals surface area contributed by atoms with Crippen molar-refractivity contribution in [1.82, 2.24) is 19.7 Å². The first-order valence-electron chi connectivity index (χ1n) is 6.35. The van der Waals surface area contributed by atoms with E-state index in [-0.39, 0.29) is 5.75 Å². The number of benzene rings is 2. The van der Waals surface area contributed by atoms with Crippen molar-refractivity contribution in [1.29, 1.82) is 0 Å². The molecular formula is C15H10N4OS. The summed E-state index contributed by atoms with van der Waals surface area (Å²) in [5, 5.41) is 18.5. The fraction of sp³-hybridized carbons (Fsp3) is 0. The Morgan fingerprint density at radius 2 is 1.81 bits per heavy atom. The Kier molecular flexibility index (Phi) is 2.68. The maximum absolute atomic E-state index is 10.1. The van der Waals surface area contributed by atoms with Gasteiger partial charge in [-0.3, -0.25) is 4.57 Å². The van der Waals surface area contributed by atoms with Crippen molar-refractivity contribution in [2.24, 2.45) is 0 Å². The molecule has 0 fully saturated rings. The average Bonchev–Trinajstić information content (AvgIpc) is 3.17. The van der Waals surface area contributed by atoms with Gasteiger partial charge in [0.2, 0.25) is 0 Å². The molecule has 0 spiro atoms.